The third-order valence-electron chi connectivity index (χ3n) is 5.75. The summed E-state index contributed by atoms with van der Waals surface area (Å²) in [5, 5.41) is 0. The lowest BCUT2D eigenvalue weighted by Gasteiger charge is -2.32. The summed E-state index contributed by atoms with van der Waals surface area (Å²) in [6.07, 6.45) is 0.204. The van der Waals surface area contributed by atoms with Crippen LogP contribution in [-0.2, 0) is 16.1 Å². The Morgan fingerprint density at radius 3 is 2.50 bits per heavy atom. The third kappa shape index (κ3) is 3.85. The molecule has 1 fully saturated rings. The van der Waals surface area contributed by atoms with Crippen LogP contribution in [0.1, 0.15) is 33.9 Å². The van der Waals surface area contributed by atoms with Gasteiger partial charge in [-0.2, -0.15) is 0 Å². The van der Waals surface area contributed by atoms with Gasteiger partial charge in [0.15, 0.2) is 11.5 Å². The van der Waals surface area contributed by atoms with Crippen molar-refractivity contribution in [3.05, 3.63) is 59.2 Å². The number of amides is 2. The molecule has 2 aliphatic rings. The van der Waals surface area contributed by atoms with E-state index in [0.717, 1.165) is 11.1 Å². The molecule has 1 atom stereocenters. The van der Waals surface area contributed by atoms with E-state index in [-0.39, 0.29) is 18.2 Å². The number of ether oxygens (including phenoxy) is 3. The van der Waals surface area contributed by atoms with Gasteiger partial charge in [-0.15, -0.1) is 0 Å². The molecular formula is C23H26N2O5. The molecule has 0 spiro atoms. The van der Waals surface area contributed by atoms with Gasteiger partial charge < -0.3 is 24.0 Å². The van der Waals surface area contributed by atoms with Crippen LogP contribution in [0.5, 0.6) is 11.5 Å². The summed E-state index contributed by atoms with van der Waals surface area (Å²) in [5.41, 5.74) is 2.52. The zero-order valence-electron chi connectivity index (χ0n) is 17.3. The fourth-order valence-electron chi connectivity index (χ4n) is 4.10. The zero-order chi connectivity index (χ0) is 21.1. The van der Waals surface area contributed by atoms with E-state index >= 15 is 0 Å². The van der Waals surface area contributed by atoms with Crippen molar-refractivity contribution in [1.82, 2.24) is 9.80 Å². The van der Waals surface area contributed by atoms with E-state index in [2.05, 4.69) is 0 Å². The summed E-state index contributed by atoms with van der Waals surface area (Å²) in [6, 6.07) is 12.8. The molecule has 0 radical (unpaired) electrons. The lowest BCUT2D eigenvalue weighted by Crippen LogP contribution is -2.42. The molecule has 2 amide bonds. The van der Waals surface area contributed by atoms with E-state index in [4.69, 9.17) is 14.2 Å². The molecule has 30 heavy (non-hydrogen) atoms. The van der Waals surface area contributed by atoms with Crippen LogP contribution in [0.25, 0.3) is 0 Å². The number of nitrogens with zero attached hydrogens (tertiary/aromatic N) is 2. The minimum absolute atomic E-state index is 0.0156. The van der Waals surface area contributed by atoms with E-state index in [1.54, 1.807) is 19.1 Å². The molecule has 4 rings (SSSR count). The smallest absolute Gasteiger partial charge is 0.255 e. The number of carbonyl (C=O) groups is 2. The first-order valence-electron chi connectivity index (χ1n) is 10.1. The van der Waals surface area contributed by atoms with Crippen molar-refractivity contribution >= 4 is 11.8 Å². The maximum absolute atomic E-state index is 13.2. The number of morpholine rings is 1. The molecule has 158 valence electrons. The molecule has 0 bridgehead atoms. The summed E-state index contributed by atoms with van der Waals surface area (Å²) in [5.74, 6) is 1.14. The second-order valence-corrected chi connectivity index (χ2v) is 7.42. The number of carbonyl (C=O) groups excluding carboxylic acids is 2. The summed E-state index contributed by atoms with van der Waals surface area (Å²) >= 11 is 0. The van der Waals surface area contributed by atoms with Crippen LogP contribution < -0.4 is 9.47 Å². The van der Waals surface area contributed by atoms with Crippen LogP contribution in [0.2, 0.25) is 0 Å². The summed E-state index contributed by atoms with van der Waals surface area (Å²) in [4.78, 5) is 29.8. The van der Waals surface area contributed by atoms with Gasteiger partial charge in [0.05, 0.1) is 39.9 Å². The Kier molecular flexibility index (Phi) is 5.90. The van der Waals surface area contributed by atoms with Gasteiger partial charge in [0.2, 0.25) is 5.91 Å². The Labute approximate surface area is 176 Å². The highest BCUT2D eigenvalue weighted by Gasteiger charge is 2.35. The van der Waals surface area contributed by atoms with E-state index in [0.29, 0.717) is 49.9 Å². The fourth-order valence-corrected chi connectivity index (χ4v) is 4.10. The van der Waals surface area contributed by atoms with Crippen molar-refractivity contribution in [2.24, 2.45) is 0 Å². The minimum Gasteiger partial charge on any atom is -0.493 e. The van der Waals surface area contributed by atoms with Crippen molar-refractivity contribution in [3.8, 4) is 11.5 Å². The number of hydrogen-bond donors (Lipinski definition) is 0. The number of fused-ring (bicyclic) bond motifs is 1. The number of hydrogen-bond acceptors (Lipinski definition) is 5. The monoisotopic (exact) mass is 410 g/mol. The van der Waals surface area contributed by atoms with Crippen LogP contribution in [0, 0.1) is 0 Å². The van der Waals surface area contributed by atoms with Crippen molar-refractivity contribution < 1.29 is 23.8 Å². The zero-order valence-corrected chi connectivity index (χ0v) is 17.3. The molecule has 0 saturated carbocycles. The highest BCUT2D eigenvalue weighted by molar-refractivity contribution is 5.98. The Bertz CT molecular complexity index is 939. The molecule has 0 N–H and O–H groups in total. The SMILES string of the molecule is COc1ccc([C@@H](CC(=O)N2CCOCC2)N2Cc3ccccc3C2=O)cc1OC. The summed E-state index contributed by atoms with van der Waals surface area (Å²) in [7, 11) is 3.16. The molecule has 0 unspecified atom stereocenters. The van der Waals surface area contributed by atoms with Crippen LogP contribution in [0.4, 0.5) is 0 Å². The van der Waals surface area contributed by atoms with Gasteiger partial charge in [-0.3, -0.25) is 9.59 Å². The Balaban J connectivity index is 1.67. The van der Waals surface area contributed by atoms with Crippen molar-refractivity contribution in [1.29, 1.82) is 0 Å². The van der Waals surface area contributed by atoms with Crippen LogP contribution >= 0.6 is 0 Å². The van der Waals surface area contributed by atoms with Gasteiger partial charge in [0, 0.05) is 25.2 Å². The predicted octanol–water partition coefficient (Wildman–Crippen LogP) is 2.65. The molecule has 7 nitrogen and oxygen atoms in total. The molecule has 2 aliphatic heterocycles. The fraction of sp³-hybridized carbons (Fsp3) is 0.391. The van der Waals surface area contributed by atoms with E-state index in [1.807, 2.05) is 47.4 Å². The van der Waals surface area contributed by atoms with Crippen molar-refractivity contribution in [2.75, 3.05) is 40.5 Å². The highest BCUT2D eigenvalue weighted by atomic mass is 16.5. The Morgan fingerprint density at radius 1 is 1.07 bits per heavy atom. The molecule has 0 aliphatic carbocycles. The van der Waals surface area contributed by atoms with E-state index in [1.165, 1.54) is 0 Å². The molecule has 0 aromatic heterocycles. The Hall–Kier alpha value is -3.06. The normalized spacial score (nSPS) is 16.9. The first-order valence-corrected chi connectivity index (χ1v) is 10.1. The maximum Gasteiger partial charge on any atom is 0.255 e. The molecule has 2 heterocycles. The van der Waals surface area contributed by atoms with Crippen molar-refractivity contribution in [2.45, 2.75) is 19.0 Å². The summed E-state index contributed by atoms with van der Waals surface area (Å²) < 4.78 is 16.2. The van der Waals surface area contributed by atoms with Gasteiger partial charge in [0.1, 0.15) is 0 Å². The van der Waals surface area contributed by atoms with Crippen LogP contribution in [0.15, 0.2) is 42.5 Å². The largest absolute Gasteiger partial charge is 0.493 e. The number of rotatable bonds is 6. The first-order chi connectivity index (χ1) is 14.6. The lowest BCUT2D eigenvalue weighted by atomic mass is 10.00. The Morgan fingerprint density at radius 2 is 1.80 bits per heavy atom. The van der Waals surface area contributed by atoms with Gasteiger partial charge in [0.25, 0.3) is 5.91 Å². The van der Waals surface area contributed by atoms with Gasteiger partial charge in [-0.1, -0.05) is 24.3 Å². The summed E-state index contributed by atoms with van der Waals surface area (Å²) in [6.45, 7) is 2.71. The molecular weight excluding hydrogens is 384 g/mol. The van der Waals surface area contributed by atoms with Gasteiger partial charge in [-0.05, 0) is 29.3 Å². The van der Waals surface area contributed by atoms with Crippen LogP contribution in [-0.4, -0.2) is 62.1 Å². The van der Waals surface area contributed by atoms with Gasteiger partial charge >= 0.3 is 0 Å². The first kappa shape index (κ1) is 20.2. The molecule has 7 heteroatoms. The molecule has 2 aromatic carbocycles. The van der Waals surface area contributed by atoms with E-state index in [9.17, 15) is 9.59 Å². The second-order valence-electron chi connectivity index (χ2n) is 7.42. The average molecular weight is 410 g/mol. The second kappa shape index (κ2) is 8.75. The van der Waals surface area contributed by atoms with Crippen molar-refractivity contribution in [3.63, 3.8) is 0 Å². The third-order valence-corrected chi connectivity index (χ3v) is 5.75. The molecule has 2 aromatic rings. The van der Waals surface area contributed by atoms with Crippen LogP contribution in [0.3, 0.4) is 0 Å². The lowest BCUT2D eigenvalue weighted by molar-refractivity contribution is -0.136. The van der Waals surface area contributed by atoms with E-state index < -0.39 is 6.04 Å². The average Bonchev–Trinajstić information content (AvgIpc) is 3.13. The molecule has 1 saturated heterocycles. The topological polar surface area (TPSA) is 68.3 Å². The predicted molar refractivity (Wildman–Crippen MR) is 111 cm³/mol. The minimum atomic E-state index is -0.403. The quantitative estimate of drug-likeness (QED) is 0.732. The standard InChI is InChI=1S/C23H26N2O5/c1-28-20-8-7-16(13-21(20)29-2)19(14-22(26)24-9-11-30-12-10-24)25-15-17-5-3-4-6-18(17)23(25)27/h3-8,13,19H,9-12,14-15H2,1-2H3/t19-/m1/s1. The maximum atomic E-state index is 13.2. The van der Waals surface area contributed by atoms with Gasteiger partial charge in [-0.25, -0.2) is 0 Å². The number of methoxy groups -OCH3 is 2. The number of benzene rings is 2. The highest BCUT2D eigenvalue weighted by Crippen LogP contribution is 2.37.